The summed E-state index contributed by atoms with van der Waals surface area (Å²) in [5.74, 6) is 0.233. The van der Waals surface area contributed by atoms with Crippen molar-refractivity contribution in [3.63, 3.8) is 0 Å². The van der Waals surface area contributed by atoms with Crippen molar-refractivity contribution < 1.29 is 13.9 Å². The number of carbonyl (C=O) groups is 1. The van der Waals surface area contributed by atoms with Crippen LogP contribution in [0.1, 0.15) is 17.2 Å². The molecule has 4 rings (SSSR count). The predicted molar refractivity (Wildman–Crippen MR) is 81.4 cm³/mol. The van der Waals surface area contributed by atoms with E-state index in [0.29, 0.717) is 5.75 Å². The minimum Gasteiger partial charge on any atom is -0.410 e. The lowest BCUT2D eigenvalue weighted by atomic mass is 9.92. The maximum atomic E-state index is 13.2. The summed E-state index contributed by atoms with van der Waals surface area (Å²) in [5, 5.41) is 4.89. The Labute approximate surface area is 126 Å². The summed E-state index contributed by atoms with van der Waals surface area (Å²) in [6.07, 6.45) is -0.503. The number of nitrogens with one attached hydrogen (secondary N) is 1. The Balaban J connectivity index is 1.97. The molecule has 22 heavy (non-hydrogen) atoms. The molecule has 0 fully saturated rings. The molecule has 1 aliphatic heterocycles. The summed E-state index contributed by atoms with van der Waals surface area (Å²) in [6.45, 7) is 0. The fourth-order valence-corrected chi connectivity index (χ4v) is 2.89. The van der Waals surface area contributed by atoms with Gasteiger partial charge in [0, 0.05) is 5.56 Å². The summed E-state index contributed by atoms with van der Waals surface area (Å²) in [6, 6.07) is 17.4. The fraction of sp³-hybridized carbons (Fsp3) is 0.0556. The van der Waals surface area contributed by atoms with E-state index in [4.69, 9.17) is 4.74 Å². The second-order valence-corrected chi connectivity index (χ2v) is 5.22. The van der Waals surface area contributed by atoms with Gasteiger partial charge in [-0.3, -0.25) is 0 Å². The minimum atomic E-state index is -0.503. The molecule has 108 valence electrons. The fourth-order valence-electron chi connectivity index (χ4n) is 2.89. The highest BCUT2D eigenvalue weighted by molar-refractivity contribution is 5.91. The molecule has 0 aromatic heterocycles. The number of rotatable bonds is 1. The van der Waals surface area contributed by atoms with Crippen molar-refractivity contribution in [3.8, 4) is 5.75 Å². The maximum Gasteiger partial charge on any atom is 0.413 e. The molecular weight excluding hydrogens is 281 g/mol. The van der Waals surface area contributed by atoms with Crippen LogP contribution in [0.2, 0.25) is 0 Å². The molecule has 1 N–H and O–H groups in total. The second-order valence-electron chi connectivity index (χ2n) is 5.22. The zero-order valence-corrected chi connectivity index (χ0v) is 11.5. The molecule has 1 aliphatic rings. The topological polar surface area (TPSA) is 38.3 Å². The van der Waals surface area contributed by atoms with Gasteiger partial charge in [-0.1, -0.05) is 42.5 Å². The highest BCUT2D eigenvalue weighted by Crippen LogP contribution is 2.38. The van der Waals surface area contributed by atoms with Gasteiger partial charge < -0.3 is 10.1 Å². The minimum absolute atomic E-state index is 0.305. The van der Waals surface area contributed by atoms with E-state index < -0.39 is 6.09 Å². The Morgan fingerprint density at radius 3 is 2.55 bits per heavy atom. The summed E-state index contributed by atoms with van der Waals surface area (Å²) in [7, 11) is 0. The van der Waals surface area contributed by atoms with Gasteiger partial charge in [0.1, 0.15) is 11.6 Å². The molecule has 3 aromatic rings. The first-order chi connectivity index (χ1) is 10.7. The molecule has 0 saturated heterocycles. The molecule has 0 bridgehead atoms. The quantitative estimate of drug-likeness (QED) is 0.731. The Morgan fingerprint density at radius 2 is 1.73 bits per heavy atom. The van der Waals surface area contributed by atoms with Crippen LogP contribution in [-0.2, 0) is 0 Å². The predicted octanol–water partition coefficient (Wildman–Crippen LogP) is 4.17. The third-order valence-electron chi connectivity index (χ3n) is 3.89. The van der Waals surface area contributed by atoms with Crippen LogP contribution < -0.4 is 10.1 Å². The maximum absolute atomic E-state index is 13.2. The van der Waals surface area contributed by atoms with Gasteiger partial charge in [0.25, 0.3) is 0 Å². The number of benzene rings is 3. The average molecular weight is 293 g/mol. The van der Waals surface area contributed by atoms with Gasteiger partial charge >= 0.3 is 6.09 Å². The summed E-state index contributed by atoms with van der Waals surface area (Å²) >= 11 is 0. The average Bonchev–Trinajstić information content (AvgIpc) is 2.54. The van der Waals surface area contributed by atoms with Crippen LogP contribution in [-0.4, -0.2) is 6.09 Å². The second kappa shape index (κ2) is 4.84. The standard InChI is InChI=1S/C18H12FNO2/c19-13-8-5-12(6-9-13)17-16-14-4-2-1-3-11(14)7-10-15(16)22-18(21)20-17/h1-10,17H,(H,20,21). The van der Waals surface area contributed by atoms with Crippen LogP contribution in [0.25, 0.3) is 10.8 Å². The zero-order valence-electron chi connectivity index (χ0n) is 11.5. The summed E-state index contributed by atoms with van der Waals surface area (Å²) in [5.41, 5.74) is 1.71. The highest BCUT2D eigenvalue weighted by atomic mass is 19.1. The summed E-state index contributed by atoms with van der Waals surface area (Å²) in [4.78, 5) is 11.8. The molecule has 0 saturated carbocycles. The molecule has 0 spiro atoms. The van der Waals surface area contributed by atoms with Gasteiger partial charge in [-0.05, 0) is 34.5 Å². The van der Waals surface area contributed by atoms with Gasteiger partial charge in [0.15, 0.2) is 0 Å². The third-order valence-corrected chi connectivity index (χ3v) is 3.89. The number of fused-ring (bicyclic) bond motifs is 3. The Hall–Kier alpha value is -2.88. The molecule has 3 aromatic carbocycles. The zero-order chi connectivity index (χ0) is 15.1. The Kier molecular flexibility index (Phi) is 2.82. The molecule has 0 radical (unpaired) electrons. The largest absolute Gasteiger partial charge is 0.413 e. The lowest BCUT2D eigenvalue weighted by Crippen LogP contribution is -2.36. The van der Waals surface area contributed by atoms with Crippen molar-refractivity contribution in [3.05, 3.63) is 77.6 Å². The van der Waals surface area contributed by atoms with Crippen molar-refractivity contribution in [1.82, 2.24) is 5.32 Å². The summed E-state index contributed by atoms with van der Waals surface area (Å²) < 4.78 is 18.5. The van der Waals surface area contributed by atoms with Crippen LogP contribution in [0.3, 0.4) is 0 Å². The molecule has 1 heterocycles. The van der Waals surface area contributed by atoms with Crippen molar-refractivity contribution in [2.24, 2.45) is 0 Å². The number of hydrogen-bond donors (Lipinski definition) is 1. The molecule has 0 aliphatic carbocycles. The van der Waals surface area contributed by atoms with Gasteiger partial charge in [0.2, 0.25) is 0 Å². The van der Waals surface area contributed by atoms with E-state index >= 15 is 0 Å². The molecule has 1 atom stereocenters. The van der Waals surface area contributed by atoms with Gasteiger partial charge in [0.05, 0.1) is 6.04 Å². The number of ether oxygens (including phenoxy) is 1. The van der Waals surface area contributed by atoms with E-state index in [2.05, 4.69) is 5.32 Å². The highest BCUT2D eigenvalue weighted by Gasteiger charge is 2.29. The Bertz CT molecular complexity index is 874. The van der Waals surface area contributed by atoms with E-state index in [-0.39, 0.29) is 11.9 Å². The van der Waals surface area contributed by atoms with Crippen LogP contribution >= 0.6 is 0 Å². The van der Waals surface area contributed by atoms with E-state index in [1.807, 2.05) is 30.3 Å². The smallest absolute Gasteiger partial charge is 0.410 e. The van der Waals surface area contributed by atoms with Crippen molar-refractivity contribution in [2.45, 2.75) is 6.04 Å². The first-order valence-corrected chi connectivity index (χ1v) is 6.98. The van der Waals surface area contributed by atoms with E-state index in [1.54, 1.807) is 18.2 Å². The molecule has 1 amide bonds. The van der Waals surface area contributed by atoms with E-state index in [1.165, 1.54) is 12.1 Å². The van der Waals surface area contributed by atoms with Crippen LogP contribution in [0.5, 0.6) is 5.75 Å². The molecular formula is C18H12FNO2. The SMILES string of the molecule is O=C1NC(c2ccc(F)cc2)c2c(ccc3ccccc23)O1. The van der Waals surface area contributed by atoms with Crippen molar-refractivity contribution in [2.75, 3.05) is 0 Å². The van der Waals surface area contributed by atoms with Crippen LogP contribution in [0.4, 0.5) is 9.18 Å². The first-order valence-electron chi connectivity index (χ1n) is 6.98. The first kappa shape index (κ1) is 12.8. The molecule has 4 heteroatoms. The number of halogens is 1. The van der Waals surface area contributed by atoms with Crippen LogP contribution in [0, 0.1) is 5.82 Å². The third kappa shape index (κ3) is 2.00. The van der Waals surface area contributed by atoms with Gasteiger partial charge in [-0.15, -0.1) is 0 Å². The monoisotopic (exact) mass is 293 g/mol. The van der Waals surface area contributed by atoms with E-state index in [0.717, 1.165) is 21.9 Å². The normalized spacial score (nSPS) is 16.8. The van der Waals surface area contributed by atoms with Crippen LogP contribution in [0.15, 0.2) is 60.7 Å². The number of amides is 1. The van der Waals surface area contributed by atoms with E-state index in [9.17, 15) is 9.18 Å². The van der Waals surface area contributed by atoms with Crippen molar-refractivity contribution >= 4 is 16.9 Å². The lowest BCUT2D eigenvalue weighted by molar-refractivity contribution is 0.191. The van der Waals surface area contributed by atoms with Crippen molar-refractivity contribution in [1.29, 1.82) is 0 Å². The van der Waals surface area contributed by atoms with Gasteiger partial charge in [-0.2, -0.15) is 0 Å². The molecule has 1 unspecified atom stereocenters. The number of carbonyl (C=O) groups excluding carboxylic acids is 1. The lowest BCUT2D eigenvalue weighted by Gasteiger charge is -2.27. The van der Waals surface area contributed by atoms with Gasteiger partial charge in [-0.25, -0.2) is 9.18 Å². The molecule has 3 nitrogen and oxygen atoms in total. The number of hydrogen-bond acceptors (Lipinski definition) is 2. The Morgan fingerprint density at radius 1 is 0.955 bits per heavy atom.